The van der Waals surface area contributed by atoms with E-state index in [2.05, 4.69) is 10.4 Å². The van der Waals surface area contributed by atoms with E-state index >= 15 is 0 Å². The Hall–Kier alpha value is -3.08. The number of aromatic nitrogens is 2. The third kappa shape index (κ3) is 3.79. The zero-order valence-corrected chi connectivity index (χ0v) is 16.3. The van der Waals surface area contributed by atoms with Gasteiger partial charge in [0.1, 0.15) is 5.75 Å². The Morgan fingerprint density at radius 1 is 1.11 bits per heavy atom. The van der Waals surface area contributed by atoms with Crippen molar-refractivity contribution in [2.24, 2.45) is 0 Å². The summed E-state index contributed by atoms with van der Waals surface area (Å²) >= 11 is 0. The fourth-order valence-electron chi connectivity index (χ4n) is 3.63. The summed E-state index contributed by atoms with van der Waals surface area (Å²) < 4.78 is 7.59. The van der Waals surface area contributed by atoms with Gasteiger partial charge in [0, 0.05) is 17.8 Å². The second kappa shape index (κ2) is 7.89. The maximum atomic E-state index is 12.8. The van der Waals surface area contributed by atoms with Crippen molar-refractivity contribution in [3.63, 3.8) is 0 Å². The molecule has 1 aliphatic carbocycles. The largest absolute Gasteiger partial charge is 0.491 e. The van der Waals surface area contributed by atoms with Crippen molar-refractivity contribution in [2.45, 2.75) is 45.8 Å². The molecule has 5 heteroatoms. The van der Waals surface area contributed by atoms with Crippen molar-refractivity contribution >= 4 is 5.91 Å². The van der Waals surface area contributed by atoms with E-state index in [1.54, 1.807) is 0 Å². The summed E-state index contributed by atoms with van der Waals surface area (Å²) in [5.74, 6) is 0.722. The van der Waals surface area contributed by atoms with Gasteiger partial charge in [-0.2, -0.15) is 5.10 Å². The molecular weight excluding hydrogens is 350 g/mol. The Kier molecular flexibility index (Phi) is 5.15. The summed E-state index contributed by atoms with van der Waals surface area (Å²) in [5, 5.41) is 7.66. The van der Waals surface area contributed by atoms with Gasteiger partial charge in [0.15, 0.2) is 5.69 Å². The lowest BCUT2D eigenvalue weighted by molar-refractivity contribution is 0.0944. The molecule has 0 aliphatic heterocycles. The van der Waals surface area contributed by atoms with Gasteiger partial charge in [0.25, 0.3) is 5.91 Å². The molecule has 1 amide bonds. The van der Waals surface area contributed by atoms with Crippen LogP contribution in [-0.4, -0.2) is 21.8 Å². The highest BCUT2D eigenvalue weighted by Gasteiger charge is 2.26. The van der Waals surface area contributed by atoms with Gasteiger partial charge in [-0.3, -0.25) is 4.79 Å². The van der Waals surface area contributed by atoms with Gasteiger partial charge >= 0.3 is 0 Å². The Morgan fingerprint density at radius 2 is 1.86 bits per heavy atom. The molecule has 144 valence electrons. The summed E-state index contributed by atoms with van der Waals surface area (Å²) in [6.07, 6.45) is 3.08. The molecule has 4 rings (SSSR count). The Balaban J connectivity index is 1.48. The molecule has 1 aromatic heterocycles. The standard InChI is InChI=1S/C23H25N3O2/c1-16(2)28-19-13-11-17(12-14-19)15-24-23(27)22-20-9-6-10-21(20)26(25-22)18-7-4-3-5-8-18/h3-5,7-8,11-14,16H,6,9-10,15H2,1-2H3,(H,24,27). The summed E-state index contributed by atoms with van der Waals surface area (Å²) in [6, 6.07) is 17.8. The van der Waals surface area contributed by atoms with Crippen LogP contribution in [0.2, 0.25) is 0 Å². The van der Waals surface area contributed by atoms with Crippen molar-refractivity contribution < 1.29 is 9.53 Å². The van der Waals surface area contributed by atoms with Gasteiger partial charge in [0.05, 0.1) is 11.8 Å². The minimum atomic E-state index is -0.115. The summed E-state index contributed by atoms with van der Waals surface area (Å²) in [5.41, 5.74) is 4.83. The summed E-state index contributed by atoms with van der Waals surface area (Å²) in [7, 11) is 0. The fourth-order valence-corrected chi connectivity index (χ4v) is 3.63. The number of hydrogen-bond acceptors (Lipinski definition) is 3. The van der Waals surface area contributed by atoms with Crippen LogP contribution in [-0.2, 0) is 19.4 Å². The number of nitrogens with zero attached hydrogens (tertiary/aromatic N) is 2. The molecule has 0 atom stereocenters. The zero-order chi connectivity index (χ0) is 19.5. The van der Waals surface area contributed by atoms with Gasteiger partial charge in [-0.05, 0) is 62.9 Å². The molecule has 0 radical (unpaired) electrons. The molecule has 5 nitrogen and oxygen atoms in total. The smallest absolute Gasteiger partial charge is 0.272 e. The second-order valence-corrected chi connectivity index (χ2v) is 7.37. The fraction of sp³-hybridized carbons (Fsp3) is 0.304. The van der Waals surface area contributed by atoms with Crippen LogP contribution in [0.15, 0.2) is 54.6 Å². The van der Waals surface area contributed by atoms with E-state index in [-0.39, 0.29) is 12.0 Å². The number of benzene rings is 2. The molecule has 0 spiro atoms. The third-order valence-electron chi connectivity index (χ3n) is 4.89. The molecule has 0 saturated carbocycles. The number of nitrogens with one attached hydrogen (secondary N) is 1. The van der Waals surface area contributed by atoms with E-state index in [1.807, 2.05) is 73.1 Å². The lowest BCUT2D eigenvalue weighted by atomic mass is 10.1. The second-order valence-electron chi connectivity index (χ2n) is 7.37. The minimum absolute atomic E-state index is 0.115. The molecule has 28 heavy (non-hydrogen) atoms. The van der Waals surface area contributed by atoms with Crippen LogP contribution in [0.3, 0.4) is 0 Å². The van der Waals surface area contributed by atoms with Crippen LogP contribution >= 0.6 is 0 Å². The lowest BCUT2D eigenvalue weighted by Gasteiger charge is -2.10. The van der Waals surface area contributed by atoms with Crippen LogP contribution in [0, 0.1) is 0 Å². The molecule has 1 heterocycles. The van der Waals surface area contributed by atoms with Crippen molar-refractivity contribution in [1.82, 2.24) is 15.1 Å². The average Bonchev–Trinajstić information content (AvgIpc) is 3.30. The predicted octanol–water partition coefficient (Wildman–Crippen LogP) is 4.08. The summed E-state index contributed by atoms with van der Waals surface area (Å²) in [4.78, 5) is 12.8. The van der Waals surface area contributed by atoms with E-state index in [1.165, 1.54) is 0 Å². The average molecular weight is 375 g/mol. The first-order valence-corrected chi connectivity index (χ1v) is 9.82. The molecule has 0 fully saturated rings. The minimum Gasteiger partial charge on any atom is -0.491 e. The molecule has 1 N–H and O–H groups in total. The van der Waals surface area contributed by atoms with Crippen molar-refractivity contribution in [3.8, 4) is 11.4 Å². The van der Waals surface area contributed by atoms with Crippen LogP contribution in [0.5, 0.6) is 5.75 Å². The number of para-hydroxylation sites is 1. The van der Waals surface area contributed by atoms with Crippen molar-refractivity contribution in [2.75, 3.05) is 0 Å². The molecule has 0 bridgehead atoms. The number of carbonyl (C=O) groups is 1. The lowest BCUT2D eigenvalue weighted by Crippen LogP contribution is -2.24. The Labute approximate surface area is 165 Å². The topological polar surface area (TPSA) is 56.1 Å². The van der Waals surface area contributed by atoms with Gasteiger partial charge in [0.2, 0.25) is 0 Å². The molecule has 2 aromatic carbocycles. The highest BCUT2D eigenvalue weighted by molar-refractivity contribution is 5.94. The first-order chi connectivity index (χ1) is 13.6. The molecule has 1 aliphatic rings. The van der Waals surface area contributed by atoms with E-state index in [0.29, 0.717) is 12.2 Å². The molecule has 3 aromatic rings. The Morgan fingerprint density at radius 3 is 2.57 bits per heavy atom. The first kappa shape index (κ1) is 18.3. The first-order valence-electron chi connectivity index (χ1n) is 9.82. The normalized spacial score (nSPS) is 12.8. The van der Waals surface area contributed by atoms with E-state index in [0.717, 1.165) is 47.5 Å². The quantitative estimate of drug-likeness (QED) is 0.706. The van der Waals surface area contributed by atoms with Crippen LogP contribution in [0.4, 0.5) is 0 Å². The van der Waals surface area contributed by atoms with Crippen LogP contribution in [0.1, 0.15) is 47.6 Å². The number of carbonyl (C=O) groups excluding carboxylic acids is 1. The molecule has 0 unspecified atom stereocenters. The van der Waals surface area contributed by atoms with E-state index < -0.39 is 0 Å². The number of rotatable bonds is 6. The van der Waals surface area contributed by atoms with Gasteiger partial charge in [-0.1, -0.05) is 30.3 Å². The molecular formula is C23H25N3O2. The summed E-state index contributed by atoms with van der Waals surface area (Å²) in [6.45, 7) is 4.47. The number of hydrogen-bond donors (Lipinski definition) is 1. The zero-order valence-electron chi connectivity index (χ0n) is 16.3. The van der Waals surface area contributed by atoms with Crippen molar-refractivity contribution in [1.29, 1.82) is 0 Å². The van der Waals surface area contributed by atoms with Crippen molar-refractivity contribution in [3.05, 3.63) is 77.1 Å². The van der Waals surface area contributed by atoms with Gasteiger partial charge in [-0.15, -0.1) is 0 Å². The SMILES string of the molecule is CC(C)Oc1ccc(CNC(=O)c2nn(-c3ccccc3)c3c2CCC3)cc1. The highest BCUT2D eigenvalue weighted by atomic mass is 16.5. The third-order valence-corrected chi connectivity index (χ3v) is 4.89. The van der Waals surface area contributed by atoms with Crippen LogP contribution < -0.4 is 10.1 Å². The molecule has 0 saturated heterocycles. The maximum Gasteiger partial charge on any atom is 0.272 e. The number of fused-ring (bicyclic) bond motifs is 1. The number of amides is 1. The van der Waals surface area contributed by atoms with Crippen LogP contribution in [0.25, 0.3) is 5.69 Å². The monoisotopic (exact) mass is 375 g/mol. The van der Waals surface area contributed by atoms with Gasteiger partial charge < -0.3 is 10.1 Å². The predicted molar refractivity (Wildman–Crippen MR) is 109 cm³/mol. The van der Waals surface area contributed by atoms with E-state index in [9.17, 15) is 4.79 Å². The highest BCUT2D eigenvalue weighted by Crippen LogP contribution is 2.27. The van der Waals surface area contributed by atoms with E-state index in [4.69, 9.17) is 4.74 Å². The maximum absolute atomic E-state index is 12.8. The number of ether oxygens (including phenoxy) is 1. The van der Waals surface area contributed by atoms with Gasteiger partial charge in [-0.25, -0.2) is 4.68 Å². The Bertz CT molecular complexity index is 960.